The molecule has 116 valence electrons. The van der Waals surface area contributed by atoms with E-state index in [1.165, 1.54) is 4.31 Å². The summed E-state index contributed by atoms with van der Waals surface area (Å²) in [6.07, 6.45) is 6.69. The van der Waals surface area contributed by atoms with Crippen LogP contribution in [0.4, 0.5) is 0 Å². The Morgan fingerprint density at radius 2 is 1.60 bits per heavy atom. The number of rotatable bonds is 5. The Balaban J connectivity index is 1.99. The average molecular weight is 304 g/mol. The van der Waals surface area contributed by atoms with Gasteiger partial charge in [-0.15, -0.1) is 0 Å². The Hall–Kier alpha value is -0.660. The normalized spacial score (nSPS) is 24.4. The van der Waals surface area contributed by atoms with Crippen molar-refractivity contribution >= 4 is 16.2 Å². The minimum absolute atomic E-state index is 0.0150. The van der Waals surface area contributed by atoms with E-state index in [4.69, 9.17) is 0 Å². The van der Waals surface area contributed by atoms with Crippen LogP contribution in [0.15, 0.2) is 0 Å². The van der Waals surface area contributed by atoms with E-state index in [1.807, 2.05) is 0 Å². The molecule has 0 atom stereocenters. The van der Waals surface area contributed by atoms with Gasteiger partial charge in [0.25, 0.3) is 10.2 Å². The molecular formula is C13H24N2O4S. The fourth-order valence-corrected chi connectivity index (χ4v) is 4.50. The molecule has 0 aromatic rings. The van der Waals surface area contributed by atoms with Crippen molar-refractivity contribution in [3.63, 3.8) is 0 Å². The van der Waals surface area contributed by atoms with E-state index in [2.05, 4.69) is 4.72 Å². The Kier molecular flexibility index (Phi) is 5.04. The number of aliphatic carboxylic acids is 1. The number of piperidine rings is 1. The van der Waals surface area contributed by atoms with E-state index in [0.717, 1.165) is 38.5 Å². The molecule has 0 radical (unpaired) electrons. The monoisotopic (exact) mass is 304 g/mol. The first-order valence-electron chi connectivity index (χ1n) is 7.44. The van der Waals surface area contributed by atoms with E-state index < -0.39 is 21.6 Å². The zero-order valence-electron chi connectivity index (χ0n) is 11.8. The van der Waals surface area contributed by atoms with E-state index >= 15 is 0 Å². The predicted molar refractivity (Wildman–Crippen MR) is 75.5 cm³/mol. The van der Waals surface area contributed by atoms with Crippen LogP contribution >= 0.6 is 0 Å². The van der Waals surface area contributed by atoms with Crippen LogP contribution in [0.2, 0.25) is 0 Å². The van der Waals surface area contributed by atoms with Gasteiger partial charge in [0.1, 0.15) is 0 Å². The zero-order valence-corrected chi connectivity index (χ0v) is 12.6. The first-order chi connectivity index (χ1) is 9.46. The molecule has 2 aliphatic rings. The smallest absolute Gasteiger partial charge is 0.310 e. The molecule has 1 aliphatic carbocycles. The Bertz CT molecular complexity index is 437. The van der Waals surface area contributed by atoms with Crippen LogP contribution in [-0.4, -0.2) is 43.4 Å². The number of hydrogen-bond donors (Lipinski definition) is 2. The van der Waals surface area contributed by atoms with Crippen molar-refractivity contribution in [3.05, 3.63) is 0 Å². The molecular weight excluding hydrogens is 280 g/mol. The van der Waals surface area contributed by atoms with Crippen molar-refractivity contribution in [2.45, 2.75) is 51.4 Å². The van der Waals surface area contributed by atoms with Gasteiger partial charge in [0.2, 0.25) is 0 Å². The molecule has 1 heterocycles. The molecule has 0 aromatic heterocycles. The van der Waals surface area contributed by atoms with Crippen molar-refractivity contribution in [3.8, 4) is 0 Å². The lowest BCUT2D eigenvalue weighted by Crippen LogP contribution is -2.49. The summed E-state index contributed by atoms with van der Waals surface area (Å²) in [5.41, 5.74) is -0.916. The van der Waals surface area contributed by atoms with Crippen LogP contribution in [0.3, 0.4) is 0 Å². The maximum atomic E-state index is 12.2. The quantitative estimate of drug-likeness (QED) is 0.802. The summed E-state index contributed by atoms with van der Waals surface area (Å²) < 4.78 is 28.4. The van der Waals surface area contributed by atoms with Crippen molar-refractivity contribution in [1.29, 1.82) is 0 Å². The predicted octanol–water partition coefficient (Wildman–Crippen LogP) is 1.34. The van der Waals surface area contributed by atoms with Crippen LogP contribution in [0.1, 0.15) is 51.4 Å². The second-order valence-electron chi connectivity index (χ2n) is 5.93. The molecule has 20 heavy (non-hydrogen) atoms. The van der Waals surface area contributed by atoms with Gasteiger partial charge >= 0.3 is 5.97 Å². The maximum Gasteiger partial charge on any atom is 0.310 e. The van der Waals surface area contributed by atoms with Crippen LogP contribution in [-0.2, 0) is 15.0 Å². The highest BCUT2D eigenvalue weighted by Gasteiger charge is 2.41. The van der Waals surface area contributed by atoms with Gasteiger partial charge in [-0.2, -0.15) is 12.7 Å². The van der Waals surface area contributed by atoms with E-state index in [9.17, 15) is 18.3 Å². The molecule has 2 N–H and O–H groups in total. The minimum atomic E-state index is -3.53. The zero-order chi connectivity index (χ0) is 14.6. The van der Waals surface area contributed by atoms with E-state index in [-0.39, 0.29) is 6.54 Å². The largest absolute Gasteiger partial charge is 0.481 e. The Morgan fingerprint density at radius 3 is 2.15 bits per heavy atom. The molecule has 1 saturated heterocycles. The fraction of sp³-hybridized carbons (Fsp3) is 0.923. The standard InChI is InChI=1S/C13H24N2O4S/c16-12(17)13(7-3-1-4-8-13)11-14-20(18,19)15-9-5-2-6-10-15/h14H,1-11H2,(H,16,17). The average Bonchev–Trinajstić information content (AvgIpc) is 2.47. The van der Waals surface area contributed by atoms with Crippen LogP contribution in [0, 0.1) is 5.41 Å². The van der Waals surface area contributed by atoms with Crippen molar-refractivity contribution < 1.29 is 18.3 Å². The summed E-state index contributed by atoms with van der Waals surface area (Å²) in [5, 5.41) is 9.45. The summed E-state index contributed by atoms with van der Waals surface area (Å²) >= 11 is 0. The molecule has 7 heteroatoms. The molecule has 0 aromatic carbocycles. The molecule has 0 bridgehead atoms. The molecule has 1 saturated carbocycles. The number of nitrogens with one attached hydrogen (secondary N) is 1. The Labute approximate surface area is 120 Å². The molecule has 1 aliphatic heterocycles. The lowest BCUT2D eigenvalue weighted by Gasteiger charge is -2.34. The van der Waals surface area contributed by atoms with Crippen LogP contribution in [0.5, 0.6) is 0 Å². The third kappa shape index (κ3) is 3.51. The van der Waals surface area contributed by atoms with Crippen molar-refractivity contribution in [2.75, 3.05) is 19.6 Å². The van der Waals surface area contributed by atoms with Crippen molar-refractivity contribution in [1.82, 2.24) is 9.03 Å². The highest BCUT2D eigenvalue weighted by atomic mass is 32.2. The molecule has 2 fully saturated rings. The summed E-state index contributed by atoms with van der Waals surface area (Å²) in [5.74, 6) is -0.876. The second-order valence-corrected chi connectivity index (χ2v) is 7.69. The summed E-state index contributed by atoms with van der Waals surface area (Å²) in [6, 6.07) is 0. The van der Waals surface area contributed by atoms with Gasteiger partial charge in [-0.1, -0.05) is 25.7 Å². The van der Waals surface area contributed by atoms with Gasteiger partial charge in [-0.05, 0) is 25.7 Å². The van der Waals surface area contributed by atoms with E-state index in [0.29, 0.717) is 25.9 Å². The minimum Gasteiger partial charge on any atom is -0.481 e. The number of carboxylic acid groups (broad SMARTS) is 1. The van der Waals surface area contributed by atoms with Crippen molar-refractivity contribution in [2.24, 2.45) is 5.41 Å². The van der Waals surface area contributed by atoms with Crippen LogP contribution < -0.4 is 4.72 Å². The number of hydrogen-bond acceptors (Lipinski definition) is 3. The number of carbonyl (C=O) groups is 1. The van der Waals surface area contributed by atoms with E-state index in [1.54, 1.807) is 0 Å². The molecule has 2 rings (SSSR count). The van der Waals surface area contributed by atoms with Gasteiger partial charge in [-0.3, -0.25) is 4.79 Å². The number of carboxylic acids is 1. The SMILES string of the molecule is O=C(O)C1(CNS(=O)(=O)N2CCCCC2)CCCCC1. The highest BCUT2D eigenvalue weighted by Crippen LogP contribution is 2.36. The first kappa shape index (κ1) is 15.7. The molecule has 0 spiro atoms. The lowest BCUT2D eigenvalue weighted by molar-refractivity contribution is -0.150. The van der Waals surface area contributed by atoms with Gasteiger partial charge in [0.05, 0.1) is 5.41 Å². The molecule has 0 amide bonds. The fourth-order valence-electron chi connectivity index (χ4n) is 3.12. The second kappa shape index (κ2) is 6.41. The third-order valence-electron chi connectivity index (χ3n) is 4.51. The highest BCUT2D eigenvalue weighted by molar-refractivity contribution is 7.87. The topological polar surface area (TPSA) is 86.7 Å². The van der Waals surface area contributed by atoms with Gasteiger partial charge in [0.15, 0.2) is 0 Å². The maximum absolute atomic E-state index is 12.2. The number of nitrogens with zero attached hydrogens (tertiary/aromatic N) is 1. The van der Waals surface area contributed by atoms with Gasteiger partial charge < -0.3 is 5.11 Å². The first-order valence-corrected chi connectivity index (χ1v) is 8.88. The van der Waals surface area contributed by atoms with Gasteiger partial charge in [-0.25, -0.2) is 4.72 Å². The Morgan fingerprint density at radius 1 is 1.05 bits per heavy atom. The third-order valence-corrected chi connectivity index (χ3v) is 6.07. The molecule has 6 nitrogen and oxygen atoms in total. The lowest BCUT2D eigenvalue weighted by atomic mass is 9.74. The summed E-state index contributed by atoms with van der Waals surface area (Å²) in [7, 11) is -3.53. The van der Waals surface area contributed by atoms with Crippen LogP contribution in [0.25, 0.3) is 0 Å². The van der Waals surface area contributed by atoms with Gasteiger partial charge in [0, 0.05) is 19.6 Å². The molecule has 0 unspecified atom stereocenters. The summed E-state index contributed by atoms with van der Waals surface area (Å²) in [4.78, 5) is 11.5. The summed E-state index contributed by atoms with van der Waals surface area (Å²) in [6.45, 7) is 1.09.